The van der Waals surface area contributed by atoms with Crippen LogP contribution in [0.5, 0.6) is 5.75 Å². The number of hydrogen-bond donors (Lipinski definition) is 0. The van der Waals surface area contributed by atoms with E-state index < -0.39 is 5.24 Å². The van der Waals surface area contributed by atoms with Gasteiger partial charge in [-0.25, -0.2) is 0 Å². The number of hydrogen-bond acceptors (Lipinski definition) is 2. The van der Waals surface area contributed by atoms with Gasteiger partial charge in [0.05, 0.1) is 0 Å². The van der Waals surface area contributed by atoms with E-state index in [2.05, 4.69) is 19.9 Å². The van der Waals surface area contributed by atoms with Crippen molar-refractivity contribution in [2.75, 3.05) is 0 Å². The third-order valence-corrected chi connectivity index (χ3v) is 3.80. The van der Waals surface area contributed by atoms with Gasteiger partial charge in [0.1, 0.15) is 12.4 Å². The molecule has 0 saturated heterocycles. The van der Waals surface area contributed by atoms with Crippen molar-refractivity contribution < 1.29 is 9.53 Å². The zero-order chi connectivity index (χ0) is 17.4. The van der Waals surface area contributed by atoms with Crippen molar-refractivity contribution in [3.8, 4) is 5.75 Å². The number of carbonyl (C=O) groups excluding carboxylic acids is 1. The van der Waals surface area contributed by atoms with Gasteiger partial charge in [-0.05, 0) is 40.9 Å². The van der Waals surface area contributed by atoms with E-state index in [0.29, 0.717) is 6.61 Å². The summed E-state index contributed by atoms with van der Waals surface area (Å²) in [6.07, 6.45) is 6.83. The molecule has 0 unspecified atom stereocenters. The molecule has 0 radical (unpaired) electrons. The van der Waals surface area contributed by atoms with Gasteiger partial charge in [0, 0.05) is 5.41 Å². The molecule has 124 valence electrons. The summed E-state index contributed by atoms with van der Waals surface area (Å²) in [5.41, 5.74) is 2.08. The minimum Gasteiger partial charge on any atom is -0.489 e. The van der Waals surface area contributed by atoms with Crippen molar-refractivity contribution >= 4 is 16.8 Å². The maximum atomic E-state index is 10.7. The minimum atomic E-state index is -0.478. The van der Waals surface area contributed by atoms with Gasteiger partial charge in [0.2, 0.25) is 5.24 Å². The standard InChI is InChI=1S/C21H21ClO2/c1-21(2,14-7-6-13-20(22)23)18-11-8-12-19(15-18)24-16-17-9-4-3-5-10-17/h3-15H,16H2,1-2H3/b13-6+,14-7+. The normalized spacial score (nSPS) is 12.0. The van der Waals surface area contributed by atoms with Crippen molar-refractivity contribution in [1.29, 1.82) is 0 Å². The Morgan fingerprint density at radius 3 is 2.54 bits per heavy atom. The Balaban J connectivity index is 2.06. The molecule has 0 spiro atoms. The Kier molecular flexibility index (Phi) is 6.39. The van der Waals surface area contributed by atoms with Crippen LogP contribution in [0.25, 0.3) is 0 Å². The Morgan fingerprint density at radius 1 is 1.08 bits per heavy atom. The molecule has 2 nitrogen and oxygen atoms in total. The fourth-order valence-corrected chi connectivity index (χ4v) is 2.32. The molecule has 0 aliphatic rings. The van der Waals surface area contributed by atoms with Gasteiger partial charge < -0.3 is 4.74 Å². The lowest BCUT2D eigenvalue weighted by atomic mass is 9.84. The first-order valence-electron chi connectivity index (χ1n) is 7.80. The van der Waals surface area contributed by atoms with Gasteiger partial charge in [0.15, 0.2) is 0 Å². The molecule has 0 atom stereocenters. The second-order valence-electron chi connectivity index (χ2n) is 6.05. The molecule has 0 aliphatic heterocycles. The molecule has 0 N–H and O–H groups in total. The van der Waals surface area contributed by atoms with Crippen LogP contribution in [0.4, 0.5) is 0 Å². The maximum absolute atomic E-state index is 10.7. The smallest absolute Gasteiger partial charge is 0.245 e. The number of benzene rings is 2. The van der Waals surface area contributed by atoms with E-state index in [1.807, 2.05) is 60.7 Å². The molecule has 0 heterocycles. The van der Waals surface area contributed by atoms with Crippen molar-refractivity contribution in [2.45, 2.75) is 25.9 Å². The molecular formula is C21H21ClO2. The molecule has 2 aromatic carbocycles. The summed E-state index contributed by atoms with van der Waals surface area (Å²) in [6, 6.07) is 18.1. The molecule has 0 saturated carbocycles. The van der Waals surface area contributed by atoms with Crippen molar-refractivity contribution in [3.63, 3.8) is 0 Å². The number of rotatable bonds is 7. The van der Waals surface area contributed by atoms with Crippen LogP contribution in [-0.2, 0) is 16.8 Å². The lowest BCUT2D eigenvalue weighted by Gasteiger charge is -2.21. The monoisotopic (exact) mass is 340 g/mol. The van der Waals surface area contributed by atoms with Crippen molar-refractivity contribution in [2.24, 2.45) is 0 Å². The molecule has 0 aromatic heterocycles. The summed E-state index contributed by atoms with van der Waals surface area (Å²) in [5, 5.41) is -0.478. The number of ether oxygens (including phenoxy) is 1. The summed E-state index contributed by atoms with van der Waals surface area (Å²) in [4.78, 5) is 10.7. The molecule has 3 heteroatoms. The Hall–Kier alpha value is -2.32. The van der Waals surface area contributed by atoms with E-state index in [4.69, 9.17) is 16.3 Å². The summed E-state index contributed by atoms with van der Waals surface area (Å²) in [7, 11) is 0. The Morgan fingerprint density at radius 2 is 1.83 bits per heavy atom. The van der Waals surface area contributed by atoms with Crippen LogP contribution in [0.15, 0.2) is 78.9 Å². The lowest BCUT2D eigenvalue weighted by molar-refractivity contribution is -0.107. The zero-order valence-corrected chi connectivity index (χ0v) is 14.7. The predicted molar refractivity (Wildman–Crippen MR) is 99.4 cm³/mol. The molecule has 0 bridgehead atoms. The molecule has 24 heavy (non-hydrogen) atoms. The number of halogens is 1. The van der Waals surface area contributed by atoms with Gasteiger partial charge in [-0.2, -0.15) is 0 Å². The van der Waals surface area contributed by atoms with Crippen LogP contribution in [0.2, 0.25) is 0 Å². The zero-order valence-electron chi connectivity index (χ0n) is 13.9. The molecule has 0 fully saturated rings. The van der Waals surface area contributed by atoms with E-state index >= 15 is 0 Å². The van der Waals surface area contributed by atoms with E-state index in [-0.39, 0.29) is 5.41 Å². The SMILES string of the molecule is CC(C)(/C=C/C=C/C(=O)Cl)c1cccc(OCc2ccccc2)c1. The van der Waals surface area contributed by atoms with Crippen LogP contribution in [0.1, 0.15) is 25.0 Å². The topological polar surface area (TPSA) is 26.3 Å². The van der Waals surface area contributed by atoms with Gasteiger partial charge in [-0.3, -0.25) is 4.79 Å². The highest BCUT2D eigenvalue weighted by atomic mass is 35.5. The predicted octanol–water partition coefficient (Wildman–Crippen LogP) is 5.42. The summed E-state index contributed by atoms with van der Waals surface area (Å²) < 4.78 is 5.88. The first kappa shape index (κ1) is 18.0. The van der Waals surface area contributed by atoms with Gasteiger partial charge in [-0.1, -0.05) is 74.5 Å². The highest BCUT2D eigenvalue weighted by Gasteiger charge is 2.17. The van der Waals surface area contributed by atoms with E-state index in [9.17, 15) is 4.79 Å². The van der Waals surface area contributed by atoms with Gasteiger partial charge in [-0.15, -0.1) is 0 Å². The Bertz CT molecular complexity index is 731. The average Bonchev–Trinajstić information content (AvgIpc) is 2.58. The second kappa shape index (κ2) is 8.51. The van der Waals surface area contributed by atoms with Gasteiger partial charge >= 0.3 is 0 Å². The molecule has 2 rings (SSSR count). The summed E-state index contributed by atoms with van der Waals surface area (Å²) in [5.74, 6) is 0.837. The fraction of sp³-hybridized carbons (Fsp3) is 0.190. The molecular weight excluding hydrogens is 320 g/mol. The lowest BCUT2D eigenvalue weighted by Crippen LogP contribution is -2.13. The van der Waals surface area contributed by atoms with E-state index in [0.717, 1.165) is 16.9 Å². The Labute approximate surface area is 148 Å². The number of allylic oxidation sites excluding steroid dienone is 4. The first-order chi connectivity index (χ1) is 11.5. The fourth-order valence-electron chi connectivity index (χ4n) is 2.25. The van der Waals surface area contributed by atoms with Crippen molar-refractivity contribution in [3.05, 3.63) is 90.0 Å². The third-order valence-electron chi connectivity index (χ3n) is 3.68. The number of carbonyl (C=O) groups is 1. The molecule has 2 aromatic rings. The maximum Gasteiger partial charge on any atom is 0.245 e. The summed E-state index contributed by atoms with van der Waals surface area (Å²) >= 11 is 5.27. The van der Waals surface area contributed by atoms with E-state index in [1.165, 1.54) is 6.08 Å². The highest BCUT2D eigenvalue weighted by Crippen LogP contribution is 2.28. The average molecular weight is 341 g/mol. The van der Waals surface area contributed by atoms with Crippen LogP contribution in [0, 0.1) is 0 Å². The largest absolute Gasteiger partial charge is 0.489 e. The van der Waals surface area contributed by atoms with E-state index in [1.54, 1.807) is 6.08 Å². The second-order valence-corrected chi connectivity index (χ2v) is 6.42. The quantitative estimate of drug-likeness (QED) is 0.382. The van der Waals surface area contributed by atoms with Crippen molar-refractivity contribution in [1.82, 2.24) is 0 Å². The molecule has 0 amide bonds. The summed E-state index contributed by atoms with van der Waals surface area (Å²) in [6.45, 7) is 4.76. The minimum absolute atomic E-state index is 0.189. The third kappa shape index (κ3) is 5.71. The molecule has 0 aliphatic carbocycles. The van der Waals surface area contributed by atoms with Gasteiger partial charge in [0.25, 0.3) is 0 Å². The highest BCUT2D eigenvalue weighted by molar-refractivity contribution is 6.66. The van der Waals surface area contributed by atoms with Crippen LogP contribution >= 0.6 is 11.6 Å². The van der Waals surface area contributed by atoms with Crippen LogP contribution in [0.3, 0.4) is 0 Å². The first-order valence-corrected chi connectivity index (χ1v) is 8.18. The van der Waals surface area contributed by atoms with Crippen LogP contribution in [-0.4, -0.2) is 5.24 Å². The van der Waals surface area contributed by atoms with Crippen LogP contribution < -0.4 is 4.74 Å².